The summed E-state index contributed by atoms with van der Waals surface area (Å²) in [7, 11) is 0. The zero-order valence-electron chi connectivity index (χ0n) is 10.9. The Labute approximate surface area is 102 Å². The molecule has 1 rings (SSSR count). The predicted molar refractivity (Wildman–Crippen MR) is 68.5 cm³/mol. The molecule has 0 aliphatic rings. The van der Waals surface area contributed by atoms with Gasteiger partial charge in [0.15, 0.2) is 5.78 Å². The zero-order valence-corrected chi connectivity index (χ0v) is 10.9. The smallest absolute Gasteiger partial charge is 0.159 e. The van der Waals surface area contributed by atoms with Crippen LogP contribution in [0.4, 0.5) is 0 Å². The first-order valence-electron chi connectivity index (χ1n) is 5.80. The number of aromatic amines is 1. The van der Waals surface area contributed by atoms with E-state index in [0.29, 0.717) is 17.8 Å². The van der Waals surface area contributed by atoms with Crippen molar-refractivity contribution in [1.82, 2.24) is 9.97 Å². The summed E-state index contributed by atoms with van der Waals surface area (Å²) >= 11 is 0. The summed E-state index contributed by atoms with van der Waals surface area (Å²) in [6.45, 7) is 7.21. The van der Waals surface area contributed by atoms with Crippen LogP contribution in [0.15, 0.2) is 18.0 Å². The van der Waals surface area contributed by atoms with E-state index in [1.54, 1.807) is 25.4 Å². The van der Waals surface area contributed by atoms with Gasteiger partial charge in [-0.3, -0.25) is 4.79 Å². The average Bonchev–Trinajstić information content (AvgIpc) is 2.81. The molecule has 0 atom stereocenters. The van der Waals surface area contributed by atoms with Gasteiger partial charge in [-0.25, -0.2) is 4.98 Å². The molecule has 1 N–H and O–H groups in total. The van der Waals surface area contributed by atoms with Crippen molar-refractivity contribution in [3.8, 4) is 0 Å². The van der Waals surface area contributed by atoms with E-state index in [-0.39, 0.29) is 18.0 Å². The number of H-pyrrole nitrogens is 1. The van der Waals surface area contributed by atoms with Crippen LogP contribution in [0.2, 0.25) is 0 Å². The number of rotatable bonds is 5. The van der Waals surface area contributed by atoms with Crippen LogP contribution in [0.3, 0.4) is 0 Å². The second-order valence-electron chi connectivity index (χ2n) is 3.43. The highest BCUT2D eigenvalue weighted by atomic mass is 16.1. The summed E-state index contributed by atoms with van der Waals surface area (Å²) in [6.07, 6.45) is 5.58. The molecule has 0 aliphatic heterocycles. The number of hydrogen-bond donors (Lipinski definition) is 1. The summed E-state index contributed by atoms with van der Waals surface area (Å²) in [5.74, 6) is 0.680. The number of nitrogens with one attached hydrogen (secondary N) is 1. The third-order valence-corrected chi connectivity index (χ3v) is 2.02. The van der Waals surface area contributed by atoms with Gasteiger partial charge < -0.3 is 9.78 Å². The number of Topliss-reactive ketones (excluding diaryl/α,β-unsaturated/α-hetero) is 2. The fourth-order valence-corrected chi connectivity index (χ4v) is 1.13. The van der Waals surface area contributed by atoms with Crippen LogP contribution in [0.5, 0.6) is 0 Å². The van der Waals surface area contributed by atoms with E-state index < -0.39 is 0 Å². The van der Waals surface area contributed by atoms with Crippen molar-refractivity contribution in [1.29, 1.82) is 0 Å². The van der Waals surface area contributed by atoms with Gasteiger partial charge in [0.1, 0.15) is 11.6 Å². The molecule has 0 saturated heterocycles. The first-order valence-corrected chi connectivity index (χ1v) is 5.80. The van der Waals surface area contributed by atoms with E-state index in [9.17, 15) is 9.59 Å². The summed E-state index contributed by atoms with van der Waals surface area (Å²) in [5, 5.41) is 0. The zero-order chi connectivity index (χ0) is 13.3. The second-order valence-corrected chi connectivity index (χ2v) is 3.43. The first-order chi connectivity index (χ1) is 8.09. The van der Waals surface area contributed by atoms with Crippen molar-refractivity contribution in [2.75, 3.05) is 0 Å². The maximum Gasteiger partial charge on any atom is 0.159 e. The first kappa shape index (κ1) is 15.3. The van der Waals surface area contributed by atoms with Crippen molar-refractivity contribution >= 4 is 17.6 Å². The Hall–Kier alpha value is -1.71. The topological polar surface area (TPSA) is 62.8 Å². The van der Waals surface area contributed by atoms with Crippen molar-refractivity contribution in [2.24, 2.45) is 0 Å². The van der Waals surface area contributed by atoms with Crippen LogP contribution in [0, 0.1) is 0 Å². The van der Waals surface area contributed by atoms with Crippen LogP contribution in [-0.4, -0.2) is 21.5 Å². The lowest BCUT2D eigenvalue weighted by atomic mass is 10.1. The molecule has 1 heterocycles. The molecule has 1 aromatic rings. The maximum absolute atomic E-state index is 11.5. The number of carbonyl (C=O) groups excluding carboxylic acids is 2. The molecule has 0 bridgehead atoms. The highest BCUT2D eigenvalue weighted by molar-refractivity contribution is 6.00. The van der Waals surface area contributed by atoms with Gasteiger partial charge in [0.25, 0.3) is 0 Å². The Bertz CT molecular complexity index is 378. The fraction of sp³-hybridized carbons (Fsp3) is 0.462. The lowest BCUT2D eigenvalue weighted by Gasteiger charge is -1.98. The maximum atomic E-state index is 11.5. The molecule has 0 aromatic carbocycles. The number of allylic oxidation sites excluding steroid dienone is 1. The highest BCUT2D eigenvalue weighted by Crippen LogP contribution is 2.06. The second kappa shape index (κ2) is 8.44. The van der Waals surface area contributed by atoms with Gasteiger partial charge in [0, 0.05) is 25.2 Å². The van der Waals surface area contributed by atoms with Gasteiger partial charge in [0.05, 0.1) is 0 Å². The largest absolute Gasteiger partial charge is 0.345 e. The number of nitrogens with zero attached hydrogens (tertiary/aromatic N) is 1. The van der Waals surface area contributed by atoms with Gasteiger partial charge in [-0.2, -0.15) is 0 Å². The minimum Gasteiger partial charge on any atom is -0.345 e. The molecule has 0 fully saturated rings. The Morgan fingerprint density at radius 2 is 1.94 bits per heavy atom. The van der Waals surface area contributed by atoms with Crippen LogP contribution in [0.25, 0.3) is 6.08 Å². The summed E-state index contributed by atoms with van der Waals surface area (Å²) in [6, 6.07) is 0. The number of imidazole rings is 1. The van der Waals surface area contributed by atoms with Crippen molar-refractivity contribution < 1.29 is 9.59 Å². The molecule has 0 radical (unpaired) electrons. The third-order valence-electron chi connectivity index (χ3n) is 2.02. The molecule has 4 nitrogen and oxygen atoms in total. The average molecular weight is 236 g/mol. The normalized spacial score (nSPS) is 10.5. The van der Waals surface area contributed by atoms with E-state index >= 15 is 0 Å². The summed E-state index contributed by atoms with van der Waals surface area (Å²) in [5.41, 5.74) is 0.617. The lowest BCUT2D eigenvalue weighted by molar-refractivity contribution is -0.121. The quantitative estimate of drug-likeness (QED) is 0.799. The van der Waals surface area contributed by atoms with Crippen LogP contribution >= 0.6 is 0 Å². The molecule has 0 aliphatic carbocycles. The molecular formula is C13H20N2O2. The number of ketones is 2. The number of aromatic nitrogens is 2. The van der Waals surface area contributed by atoms with E-state index in [1.165, 1.54) is 6.92 Å². The Balaban J connectivity index is 0.00000121. The molecule has 0 saturated carbocycles. The van der Waals surface area contributed by atoms with E-state index in [0.717, 1.165) is 0 Å². The Morgan fingerprint density at radius 1 is 1.29 bits per heavy atom. The molecule has 94 valence electrons. The van der Waals surface area contributed by atoms with Gasteiger partial charge in [-0.15, -0.1) is 0 Å². The molecule has 0 spiro atoms. The SMILES string of the molecule is CC.CC(=O)CCC(=O)/C(C)=C/c1ncc[nH]1. The molecular weight excluding hydrogens is 216 g/mol. The van der Waals surface area contributed by atoms with Crippen LogP contribution < -0.4 is 0 Å². The monoisotopic (exact) mass is 236 g/mol. The van der Waals surface area contributed by atoms with Crippen molar-refractivity contribution in [3.05, 3.63) is 23.8 Å². The lowest BCUT2D eigenvalue weighted by Crippen LogP contribution is -2.02. The van der Waals surface area contributed by atoms with Crippen LogP contribution in [-0.2, 0) is 9.59 Å². The molecule has 0 unspecified atom stereocenters. The predicted octanol–water partition coefficient (Wildman–Crippen LogP) is 2.78. The fourth-order valence-electron chi connectivity index (χ4n) is 1.13. The molecule has 17 heavy (non-hydrogen) atoms. The Kier molecular flexibility index (Phi) is 7.59. The van der Waals surface area contributed by atoms with E-state index in [4.69, 9.17) is 0 Å². The molecule has 1 aromatic heterocycles. The van der Waals surface area contributed by atoms with Gasteiger partial charge >= 0.3 is 0 Å². The van der Waals surface area contributed by atoms with E-state index in [2.05, 4.69) is 9.97 Å². The minimum atomic E-state index is -0.0124. The van der Waals surface area contributed by atoms with Gasteiger partial charge in [-0.05, 0) is 25.5 Å². The summed E-state index contributed by atoms with van der Waals surface area (Å²) < 4.78 is 0. The van der Waals surface area contributed by atoms with Gasteiger partial charge in [-0.1, -0.05) is 13.8 Å². The number of hydrogen-bond acceptors (Lipinski definition) is 3. The van der Waals surface area contributed by atoms with Gasteiger partial charge in [0.2, 0.25) is 0 Å². The van der Waals surface area contributed by atoms with Crippen molar-refractivity contribution in [3.63, 3.8) is 0 Å². The van der Waals surface area contributed by atoms with Crippen LogP contribution in [0.1, 0.15) is 46.4 Å². The molecule has 0 amide bonds. The molecule has 4 heteroatoms. The highest BCUT2D eigenvalue weighted by Gasteiger charge is 2.06. The van der Waals surface area contributed by atoms with Crippen molar-refractivity contribution in [2.45, 2.75) is 40.5 Å². The minimum absolute atomic E-state index is 0.0124. The third kappa shape index (κ3) is 6.45. The standard InChI is InChI=1S/C11H14N2O2.C2H6/c1-8(7-11-12-5-6-13-11)10(15)4-3-9(2)14;1-2/h5-7H,3-4H2,1-2H3,(H,12,13);1-2H3/b8-7+;. The Morgan fingerprint density at radius 3 is 2.41 bits per heavy atom. The van der Waals surface area contributed by atoms with E-state index in [1.807, 2.05) is 13.8 Å². The number of carbonyl (C=O) groups is 2. The summed E-state index contributed by atoms with van der Waals surface area (Å²) in [4.78, 5) is 29.1.